The molecule has 0 unspecified atom stereocenters. The smallest absolute Gasteiger partial charge is 0.269 e. The molecule has 4 aromatic rings. The van der Waals surface area contributed by atoms with Gasteiger partial charge in [0.15, 0.2) is 0 Å². The summed E-state index contributed by atoms with van der Waals surface area (Å²) in [7, 11) is 0. The first-order valence-corrected chi connectivity index (χ1v) is 10.4. The zero-order chi connectivity index (χ0) is 20.6. The van der Waals surface area contributed by atoms with Gasteiger partial charge >= 0.3 is 0 Å². The molecule has 2 aromatic heterocycles. The summed E-state index contributed by atoms with van der Waals surface area (Å²) in [6, 6.07) is 18.1. The minimum absolute atomic E-state index is 0.167. The first-order chi connectivity index (χ1) is 13.8. The Bertz CT molecular complexity index is 1170. The van der Waals surface area contributed by atoms with Gasteiger partial charge in [-0.25, -0.2) is 9.97 Å². The molecule has 0 aliphatic heterocycles. The molecule has 148 valence electrons. The average molecular weight is 405 g/mol. The van der Waals surface area contributed by atoms with Crippen LogP contribution in [0.3, 0.4) is 0 Å². The van der Waals surface area contributed by atoms with E-state index < -0.39 is 0 Å². The highest BCUT2D eigenvalue weighted by Crippen LogP contribution is 2.29. The Morgan fingerprint density at radius 1 is 1.03 bits per heavy atom. The topological polar surface area (TPSA) is 59.8 Å². The zero-order valence-electron chi connectivity index (χ0n) is 17.1. The second kappa shape index (κ2) is 7.44. The van der Waals surface area contributed by atoms with Gasteiger partial charge in [-0.1, -0.05) is 42.5 Å². The van der Waals surface area contributed by atoms with Crippen LogP contribution in [-0.2, 0) is 12.0 Å². The van der Waals surface area contributed by atoms with E-state index in [9.17, 15) is 4.79 Å². The molecule has 0 fully saturated rings. The maximum absolute atomic E-state index is 13.1. The highest BCUT2D eigenvalue weighted by Gasteiger charge is 2.24. The lowest BCUT2D eigenvalue weighted by Crippen LogP contribution is -2.25. The number of thiazole rings is 1. The Balaban J connectivity index is 1.64. The van der Waals surface area contributed by atoms with Crippen molar-refractivity contribution in [2.24, 2.45) is 0 Å². The monoisotopic (exact) mass is 404 g/mol. The van der Waals surface area contributed by atoms with Crippen molar-refractivity contribution in [1.29, 1.82) is 0 Å². The van der Waals surface area contributed by atoms with Crippen molar-refractivity contribution in [3.63, 3.8) is 0 Å². The number of aromatic nitrogens is 3. The minimum Gasteiger partial charge on any atom is -0.305 e. The maximum atomic E-state index is 13.1. The number of hydrogen-bond acceptors (Lipinski definition) is 4. The first-order valence-electron chi connectivity index (χ1n) is 9.62. The number of anilines is 1. The number of fused-ring (bicyclic) bond motifs is 1. The van der Waals surface area contributed by atoms with Crippen LogP contribution >= 0.6 is 11.3 Å². The fraction of sp³-hybridized carbons (Fsp3) is 0.261. The number of hydrogen-bond donors (Lipinski definition) is 1. The Hall–Kier alpha value is -2.99. The molecule has 1 N–H and O–H groups in total. The van der Waals surface area contributed by atoms with Gasteiger partial charge in [-0.3, -0.25) is 10.1 Å². The number of nitrogens with one attached hydrogen (secondary N) is 1. The summed E-state index contributed by atoms with van der Waals surface area (Å²) in [6.45, 7) is 8.19. The number of nitrogens with zero attached hydrogens (tertiary/aromatic N) is 3. The lowest BCUT2D eigenvalue weighted by molar-refractivity contribution is 0.102. The highest BCUT2D eigenvalue weighted by atomic mass is 32.1. The standard InChI is InChI=1S/C23H24N4OS/c1-15-20(29-19(24-15)14-16-10-6-5-7-11-16)21(28)26-22-25-17-12-8-9-13-18(17)27(22)23(2,3)4/h5-13H,14H2,1-4H3,(H,25,26,28). The van der Waals surface area contributed by atoms with Crippen LogP contribution in [0.4, 0.5) is 5.95 Å². The van der Waals surface area contributed by atoms with Gasteiger partial charge in [0.2, 0.25) is 5.95 Å². The van der Waals surface area contributed by atoms with Gasteiger partial charge in [0, 0.05) is 12.0 Å². The molecule has 0 saturated carbocycles. The van der Waals surface area contributed by atoms with Gasteiger partial charge in [0.25, 0.3) is 5.91 Å². The lowest BCUT2D eigenvalue weighted by atomic mass is 10.1. The number of amides is 1. The molecule has 4 rings (SSSR count). The van der Waals surface area contributed by atoms with Gasteiger partial charge in [0.1, 0.15) is 4.88 Å². The molecule has 1 amide bonds. The largest absolute Gasteiger partial charge is 0.305 e. The number of para-hydroxylation sites is 2. The van der Waals surface area contributed by atoms with Crippen LogP contribution in [0.25, 0.3) is 11.0 Å². The fourth-order valence-corrected chi connectivity index (χ4v) is 4.45. The normalized spacial score (nSPS) is 11.7. The van der Waals surface area contributed by atoms with Crippen LogP contribution in [0.2, 0.25) is 0 Å². The number of carbonyl (C=O) groups excluding carboxylic acids is 1. The molecule has 6 heteroatoms. The minimum atomic E-state index is -0.222. The second-order valence-electron chi connectivity index (χ2n) is 8.07. The summed E-state index contributed by atoms with van der Waals surface area (Å²) in [4.78, 5) is 23.0. The van der Waals surface area contributed by atoms with Gasteiger partial charge in [0.05, 0.1) is 21.7 Å². The van der Waals surface area contributed by atoms with Crippen LogP contribution in [-0.4, -0.2) is 20.4 Å². The van der Waals surface area contributed by atoms with E-state index in [-0.39, 0.29) is 11.4 Å². The number of aryl methyl sites for hydroxylation is 1. The summed E-state index contributed by atoms with van der Waals surface area (Å²) in [5.41, 5.74) is 3.57. The molecule has 0 aliphatic rings. The zero-order valence-corrected chi connectivity index (χ0v) is 17.9. The Kier molecular flexibility index (Phi) is 4.96. The molecule has 5 nitrogen and oxygen atoms in total. The van der Waals surface area contributed by atoms with E-state index in [0.717, 1.165) is 28.2 Å². The third kappa shape index (κ3) is 3.93. The summed E-state index contributed by atoms with van der Waals surface area (Å²) in [5.74, 6) is 0.390. The third-order valence-electron chi connectivity index (χ3n) is 4.70. The third-order valence-corrected chi connectivity index (χ3v) is 5.86. The summed E-state index contributed by atoms with van der Waals surface area (Å²) < 4.78 is 2.07. The van der Waals surface area contributed by atoms with Crippen LogP contribution in [0.1, 0.15) is 46.7 Å². The van der Waals surface area contributed by atoms with E-state index in [0.29, 0.717) is 10.8 Å². The average Bonchev–Trinajstić information content (AvgIpc) is 3.22. The van der Waals surface area contributed by atoms with Crippen molar-refractivity contribution in [3.05, 3.63) is 75.7 Å². The summed E-state index contributed by atoms with van der Waals surface area (Å²) >= 11 is 1.44. The fourth-order valence-electron chi connectivity index (χ4n) is 3.46. The van der Waals surface area contributed by atoms with Gasteiger partial charge in [-0.2, -0.15) is 0 Å². The highest BCUT2D eigenvalue weighted by molar-refractivity contribution is 7.14. The predicted molar refractivity (Wildman–Crippen MR) is 119 cm³/mol. The molecule has 2 aromatic carbocycles. The molecule has 0 saturated heterocycles. The van der Waals surface area contributed by atoms with E-state index in [4.69, 9.17) is 0 Å². The van der Waals surface area contributed by atoms with Crippen molar-refractivity contribution >= 4 is 34.2 Å². The molecular formula is C23H24N4OS. The second-order valence-corrected chi connectivity index (χ2v) is 9.15. The van der Waals surface area contributed by atoms with Crippen molar-refractivity contribution in [2.45, 2.75) is 39.7 Å². The van der Waals surface area contributed by atoms with Crippen molar-refractivity contribution in [3.8, 4) is 0 Å². The molecule has 0 aliphatic carbocycles. The molecule has 0 radical (unpaired) electrons. The Morgan fingerprint density at radius 2 is 1.72 bits per heavy atom. The Labute approximate surface area is 174 Å². The number of rotatable bonds is 4. The van der Waals surface area contributed by atoms with E-state index in [1.165, 1.54) is 16.9 Å². The molecule has 0 spiro atoms. The Morgan fingerprint density at radius 3 is 2.45 bits per heavy atom. The number of carbonyl (C=O) groups is 1. The van der Waals surface area contributed by atoms with Gasteiger partial charge in [-0.15, -0.1) is 11.3 Å². The van der Waals surface area contributed by atoms with Crippen molar-refractivity contribution in [1.82, 2.24) is 14.5 Å². The van der Waals surface area contributed by atoms with Gasteiger partial charge in [-0.05, 0) is 45.4 Å². The molecule has 2 heterocycles. The quantitative estimate of drug-likeness (QED) is 0.495. The number of benzene rings is 2. The molecule has 29 heavy (non-hydrogen) atoms. The summed E-state index contributed by atoms with van der Waals surface area (Å²) in [5, 5.41) is 3.96. The van der Waals surface area contributed by atoms with E-state index in [2.05, 4.69) is 52.8 Å². The van der Waals surface area contributed by atoms with Crippen LogP contribution < -0.4 is 5.32 Å². The van der Waals surface area contributed by atoms with Crippen LogP contribution in [0.5, 0.6) is 0 Å². The van der Waals surface area contributed by atoms with Crippen LogP contribution in [0.15, 0.2) is 54.6 Å². The predicted octanol–water partition coefficient (Wildman–Crippen LogP) is 5.40. The SMILES string of the molecule is Cc1nc(Cc2ccccc2)sc1C(=O)Nc1nc2ccccc2n1C(C)(C)C. The number of imidazole rings is 1. The first kappa shape index (κ1) is 19.3. The van der Waals surface area contributed by atoms with Crippen molar-refractivity contribution < 1.29 is 4.79 Å². The maximum Gasteiger partial charge on any atom is 0.269 e. The van der Waals surface area contributed by atoms with E-state index >= 15 is 0 Å². The molecule has 0 bridgehead atoms. The molecule has 0 atom stereocenters. The van der Waals surface area contributed by atoms with E-state index in [1.54, 1.807) is 0 Å². The van der Waals surface area contributed by atoms with Crippen molar-refractivity contribution in [2.75, 3.05) is 5.32 Å². The van der Waals surface area contributed by atoms with Gasteiger partial charge < -0.3 is 4.57 Å². The summed E-state index contributed by atoms with van der Waals surface area (Å²) in [6.07, 6.45) is 0.722. The van der Waals surface area contributed by atoms with E-state index in [1.807, 2.05) is 49.4 Å². The van der Waals surface area contributed by atoms with Crippen LogP contribution in [0, 0.1) is 6.92 Å². The lowest BCUT2D eigenvalue weighted by Gasteiger charge is -2.24. The molecular weight excluding hydrogens is 380 g/mol.